The van der Waals surface area contributed by atoms with Gasteiger partial charge in [0.15, 0.2) is 17.2 Å². The van der Waals surface area contributed by atoms with Crippen LogP contribution >= 0.6 is 23.2 Å². The van der Waals surface area contributed by atoms with Gasteiger partial charge >= 0.3 is 11.9 Å². The topological polar surface area (TPSA) is 74.2 Å². The van der Waals surface area contributed by atoms with Crippen LogP contribution in [-0.4, -0.2) is 24.9 Å². The number of benzene rings is 4. The second-order valence-electron chi connectivity index (χ2n) is 8.18. The van der Waals surface area contributed by atoms with Crippen molar-refractivity contribution in [1.82, 2.24) is 0 Å². The van der Waals surface area contributed by atoms with Gasteiger partial charge in [0.1, 0.15) is 0 Å². The number of carbonyl (C=O) groups is 2. The van der Waals surface area contributed by atoms with E-state index in [1.165, 1.54) is 19.3 Å². The molecule has 0 aliphatic carbocycles. The molecule has 5 rings (SSSR count). The van der Waals surface area contributed by atoms with Crippen molar-refractivity contribution in [2.24, 2.45) is 4.99 Å². The summed E-state index contributed by atoms with van der Waals surface area (Å²) in [6.45, 7) is 0. The fourth-order valence-corrected chi connectivity index (χ4v) is 4.29. The summed E-state index contributed by atoms with van der Waals surface area (Å²) in [6, 6.07) is 27.1. The Morgan fingerprint density at radius 3 is 2.21 bits per heavy atom. The van der Waals surface area contributed by atoms with E-state index in [4.69, 9.17) is 37.4 Å². The van der Waals surface area contributed by atoms with Gasteiger partial charge in [0.2, 0.25) is 5.90 Å². The van der Waals surface area contributed by atoms with E-state index in [-0.39, 0.29) is 38.7 Å². The predicted molar refractivity (Wildman–Crippen MR) is 147 cm³/mol. The molecule has 1 aliphatic heterocycles. The minimum absolute atomic E-state index is 0.0259. The molecule has 0 saturated heterocycles. The predicted octanol–water partition coefficient (Wildman–Crippen LogP) is 7.23. The number of rotatable bonds is 6. The first-order valence-electron chi connectivity index (χ1n) is 11.5. The molecule has 1 heterocycles. The van der Waals surface area contributed by atoms with Crippen LogP contribution in [0.25, 0.3) is 17.2 Å². The molecule has 38 heavy (non-hydrogen) atoms. The number of esters is 2. The lowest BCUT2D eigenvalue weighted by molar-refractivity contribution is -0.129. The van der Waals surface area contributed by atoms with Crippen molar-refractivity contribution in [2.75, 3.05) is 7.11 Å². The molecular weight excluding hydrogens is 525 g/mol. The van der Waals surface area contributed by atoms with Crippen LogP contribution in [-0.2, 0) is 9.53 Å². The summed E-state index contributed by atoms with van der Waals surface area (Å²) in [7, 11) is 1.41. The molecule has 0 atom stereocenters. The lowest BCUT2D eigenvalue weighted by atomic mass is 10.0. The molecule has 0 amide bonds. The molecule has 4 aromatic rings. The molecule has 0 radical (unpaired) electrons. The fourth-order valence-electron chi connectivity index (χ4n) is 3.82. The third-order valence-corrected chi connectivity index (χ3v) is 6.31. The van der Waals surface area contributed by atoms with Crippen molar-refractivity contribution in [2.45, 2.75) is 0 Å². The maximum atomic E-state index is 12.6. The molecule has 0 spiro atoms. The third kappa shape index (κ3) is 5.32. The number of methoxy groups -OCH3 is 1. The summed E-state index contributed by atoms with van der Waals surface area (Å²) in [6.07, 6.45) is 1.52. The lowest BCUT2D eigenvalue weighted by Gasteiger charge is -2.12. The minimum atomic E-state index is -0.686. The second kappa shape index (κ2) is 10.9. The Labute approximate surface area is 228 Å². The zero-order valence-electron chi connectivity index (χ0n) is 20.0. The molecule has 4 aromatic carbocycles. The van der Waals surface area contributed by atoms with Crippen LogP contribution in [0.4, 0.5) is 0 Å². The van der Waals surface area contributed by atoms with Gasteiger partial charge in [-0.2, -0.15) is 0 Å². The van der Waals surface area contributed by atoms with Crippen LogP contribution < -0.4 is 9.47 Å². The van der Waals surface area contributed by atoms with E-state index in [0.717, 1.165) is 11.1 Å². The maximum Gasteiger partial charge on any atom is 0.363 e. The van der Waals surface area contributed by atoms with Crippen molar-refractivity contribution in [1.29, 1.82) is 0 Å². The third-order valence-electron chi connectivity index (χ3n) is 5.70. The first-order chi connectivity index (χ1) is 18.4. The summed E-state index contributed by atoms with van der Waals surface area (Å²) < 4.78 is 16.3. The lowest BCUT2D eigenvalue weighted by Crippen LogP contribution is -2.10. The SMILES string of the molecule is COc1cc(/C=C2\N=C(c3ccc(-c4ccccc4)cc3)OC2=O)cc(Cl)c1OC(=O)c1ccccc1Cl. The van der Waals surface area contributed by atoms with Crippen LogP contribution in [0.5, 0.6) is 11.5 Å². The molecule has 188 valence electrons. The molecule has 6 nitrogen and oxygen atoms in total. The van der Waals surface area contributed by atoms with Gasteiger partial charge in [-0.3, -0.25) is 0 Å². The van der Waals surface area contributed by atoms with Gasteiger partial charge < -0.3 is 14.2 Å². The van der Waals surface area contributed by atoms with E-state index in [0.29, 0.717) is 11.1 Å². The van der Waals surface area contributed by atoms with Crippen LogP contribution in [0.2, 0.25) is 10.0 Å². The largest absolute Gasteiger partial charge is 0.493 e. The van der Waals surface area contributed by atoms with E-state index in [9.17, 15) is 9.59 Å². The average Bonchev–Trinajstić information content (AvgIpc) is 3.30. The minimum Gasteiger partial charge on any atom is -0.493 e. The molecular formula is C30H19Cl2NO5. The van der Waals surface area contributed by atoms with E-state index in [1.54, 1.807) is 30.3 Å². The zero-order chi connectivity index (χ0) is 26.6. The number of cyclic esters (lactones) is 1. The molecule has 0 bridgehead atoms. The Morgan fingerprint density at radius 2 is 1.50 bits per heavy atom. The Balaban J connectivity index is 1.39. The molecule has 0 N–H and O–H groups in total. The van der Waals surface area contributed by atoms with Crippen LogP contribution in [0, 0.1) is 0 Å². The fraction of sp³-hybridized carbons (Fsp3) is 0.0333. The molecule has 1 aliphatic rings. The summed E-state index contributed by atoms with van der Waals surface area (Å²) in [4.78, 5) is 29.5. The van der Waals surface area contributed by atoms with Gasteiger partial charge in [-0.1, -0.05) is 77.8 Å². The number of carbonyl (C=O) groups excluding carboxylic acids is 2. The van der Waals surface area contributed by atoms with Gasteiger partial charge in [-0.25, -0.2) is 14.6 Å². The standard InChI is InChI=1S/C30H19Cl2NO5/c1-36-26-17-18(15-24(32)27(26)37-29(34)22-9-5-6-10-23(22)31)16-25-30(35)38-28(33-25)21-13-11-20(12-14-21)19-7-3-2-4-8-19/h2-17H,1H3/b25-16-. The van der Waals surface area contributed by atoms with Crippen LogP contribution in [0.15, 0.2) is 102 Å². The van der Waals surface area contributed by atoms with Crippen LogP contribution in [0.3, 0.4) is 0 Å². The molecule has 0 unspecified atom stereocenters. The van der Waals surface area contributed by atoms with E-state index in [1.807, 2.05) is 54.6 Å². The van der Waals surface area contributed by atoms with E-state index in [2.05, 4.69) is 4.99 Å². The summed E-state index contributed by atoms with van der Waals surface area (Å²) in [5.74, 6) is -0.871. The smallest absolute Gasteiger partial charge is 0.363 e. The molecule has 8 heteroatoms. The van der Waals surface area contributed by atoms with Crippen molar-refractivity contribution >= 4 is 47.1 Å². The van der Waals surface area contributed by atoms with E-state index >= 15 is 0 Å². The molecule has 0 aromatic heterocycles. The molecule has 0 fully saturated rings. The summed E-state index contributed by atoms with van der Waals surface area (Å²) in [5.41, 5.74) is 3.56. The van der Waals surface area contributed by atoms with Gasteiger partial charge in [-0.05, 0) is 59.2 Å². The number of ether oxygens (including phenoxy) is 3. The average molecular weight is 544 g/mol. The number of hydrogen-bond donors (Lipinski definition) is 0. The Bertz CT molecular complexity index is 1600. The number of aliphatic imine (C=N–C) groups is 1. The highest BCUT2D eigenvalue weighted by Gasteiger charge is 2.25. The maximum absolute atomic E-state index is 12.6. The van der Waals surface area contributed by atoms with Gasteiger partial charge in [0.05, 0.1) is 22.7 Å². The normalized spacial score (nSPS) is 13.7. The van der Waals surface area contributed by atoms with Crippen molar-refractivity contribution in [3.63, 3.8) is 0 Å². The van der Waals surface area contributed by atoms with Gasteiger partial charge in [-0.15, -0.1) is 0 Å². The summed E-state index contributed by atoms with van der Waals surface area (Å²) in [5, 5.41) is 0.348. The second-order valence-corrected chi connectivity index (χ2v) is 9.00. The monoisotopic (exact) mass is 543 g/mol. The first kappa shape index (κ1) is 25.3. The van der Waals surface area contributed by atoms with E-state index < -0.39 is 11.9 Å². The van der Waals surface area contributed by atoms with Crippen molar-refractivity contribution in [3.05, 3.63) is 123 Å². The number of hydrogen-bond acceptors (Lipinski definition) is 6. The highest BCUT2D eigenvalue weighted by atomic mass is 35.5. The quantitative estimate of drug-likeness (QED) is 0.145. The van der Waals surface area contributed by atoms with Crippen molar-refractivity contribution < 1.29 is 23.8 Å². The highest BCUT2D eigenvalue weighted by molar-refractivity contribution is 6.34. The Morgan fingerprint density at radius 1 is 0.842 bits per heavy atom. The van der Waals surface area contributed by atoms with Gasteiger partial charge in [0.25, 0.3) is 0 Å². The number of nitrogens with zero attached hydrogens (tertiary/aromatic N) is 1. The number of halogens is 2. The molecule has 0 saturated carbocycles. The van der Waals surface area contributed by atoms with Gasteiger partial charge in [0, 0.05) is 5.56 Å². The Hall–Kier alpha value is -4.39. The summed E-state index contributed by atoms with van der Waals surface area (Å²) >= 11 is 12.5. The first-order valence-corrected chi connectivity index (χ1v) is 12.2. The van der Waals surface area contributed by atoms with Crippen molar-refractivity contribution in [3.8, 4) is 22.6 Å². The zero-order valence-corrected chi connectivity index (χ0v) is 21.5. The highest BCUT2D eigenvalue weighted by Crippen LogP contribution is 2.38. The Kier molecular flexibility index (Phi) is 7.26. The van der Waals surface area contributed by atoms with Crippen LogP contribution in [0.1, 0.15) is 21.5 Å².